The van der Waals surface area contributed by atoms with Gasteiger partial charge in [0.05, 0.1) is 15.8 Å². The standard InChI is InChI=1S/C17H21F3IN3O/c18-17(19,20)11-24-15-3-1-2-14(13(15)10-16(24)21)22-12-4-6-23(7-5-12)8-9-25/h1-3,10,12,22,25H,4-9,11H2. The number of benzene rings is 1. The van der Waals surface area contributed by atoms with E-state index < -0.39 is 12.7 Å². The lowest BCUT2D eigenvalue weighted by atomic mass is 10.0. The Morgan fingerprint density at radius 2 is 1.96 bits per heavy atom. The van der Waals surface area contributed by atoms with Crippen molar-refractivity contribution in [2.24, 2.45) is 0 Å². The number of nitrogens with one attached hydrogen (secondary N) is 1. The normalized spacial score (nSPS) is 17.3. The summed E-state index contributed by atoms with van der Waals surface area (Å²) in [7, 11) is 0. The number of hydrogen-bond donors (Lipinski definition) is 2. The summed E-state index contributed by atoms with van der Waals surface area (Å²) in [6, 6.07) is 7.57. The van der Waals surface area contributed by atoms with Gasteiger partial charge in [-0.15, -0.1) is 0 Å². The van der Waals surface area contributed by atoms with Gasteiger partial charge in [0, 0.05) is 36.7 Å². The molecule has 1 aromatic heterocycles. The Hall–Kier alpha value is -1.00. The zero-order valence-corrected chi connectivity index (χ0v) is 15.8. The number of hydrogen-bond acceptors (Lipinski definition) is 3. The molecule has 1 aliphatic rings. The number of anilines is 1. The van der Waals surface area contributed by atoms with Crippen molar-refractivity contribution in [1.82, 2.24) is 9.47 Å². The molecule has 25 heavy (non-hydrogen) atoms. The van der Waals surface area contributed by atoms with Gasteiger partial charge in [0.15, 0.2) is 0 Å². The predicted octanol–water partition coefficient (Wildman–Crippen LogP) is 3.68. The van der Waals surface area contributed by atoms with E-state index in [2.05, 4.69) is 10.2 Å². The summed E-state index contributed by atoms with van der Waals surface area (Å²) >= 11 is 1.96. The van der Waals surface area contributed by atoms with Crippen molar-refractivity contribution in [2.45, 2.75) is 31.6 Å². The molecule has 138 valence electrons. The van der Waals surface area contributed by atoms with Crippen LogP contribution < -0.4 is 5.32 Å². The van der Waals surface area contributed by atoms with Crippen molar-refractivity contribution >= 4 is 39.2 Å². The van der Waals surface area contributed by atoms with Crippen LogP contribution in [0.4, 0.5) is 18.9 Å². The number of aliphatic hydroxyl groups is 1. The first-order valence-electron chi connectivity index (χ1n) is 8.31. The minimum Gasteiger partial charge on any atom is -0.395 e. The van der Waals surface area contributed by atoms with Gasteiger partial charge in [-0.1, -0.05) is 6.07 Å². The number of fused-ring (bicyclic) bond motifs is 1. The van der Waals surface area contributed by atoms with Gasteiger partial charge in [0.25, 0.3) is 0 Å². The second-order valence-electron chi connectivity index (χ2n) is 6.39. The number of rotatable bonds is 5. The lowest BCUT2D eigenvalue weighted by Gasteiger charge is -2.32. The zero-order chi connectivity index (χ0) is 18.0. The molecule has 1 aliphatic heterocycles. The highest BCUT2D eigenvalue weighted by Crippen LogP contribution is 2.31. The molecule has 1 fully saturated rings. The molecule has 2 aromatic rings. The van der Waals surface area contributed by atoms with Gasteiger partial charge in [-0.25, -0.2) is 0 Å². The second kappa shape index (κ2) is 7.71. The number of likely N-dealkylation sites (tertiary alicyclic amines) is 1. The summed E-state index contributed by atoms with van der Waals surface area (Å²) in [5.74, 6) is 0. The Morgan fingerprint density at radius 3 is 2.60 bits per heavy atom. The number of nitrogens with zero attached hydrogens (tertiary/aromatic N) is 2. The van der Waals surface area contributed by atoms with Crippen molar-refractivity contribution in [1.29, 1.82) is 0 Å². The van der Waals surface area contributed by atoms with Crippen LogP contribution in [-0.2, 0) is 6.54 Å². The topological polar surface area (TPSA) is 40.4 Å². The van der Waals surface area contributed by atoms with Crippen molar-refractivity contribution in [2.75, 3.05) is 31.6 Å². The number of β-amino-alcohol motifs (C(OH)–C–C–N with tert-alkyl or cyclic N) is 1. The van der Waals surface area contributed by atoms with Gasteiger partial charge >= 0.3 is 6.18 Å². The predicted molar refractivity (Wildman–Crippen MR) is 101 cm³/mol. The fourth-order valence-corrected chi connectivity index (χ4v) is 4.12. The summed E-state index contributed by atoms with van der Waals surface area (Å²) < 4.78 is 40.4. The molecule has 8 heteroatoms. The number of piperidine rings is 1. The average molecular weight is 467 g/mol. The molecular formula is C17H21F3IN3O. The third-order valence-electron chi connectivity index (χ3n) is 4.60. The SMILES string of the molecule is OCCN1CCC(Nc2cccc3c2cc(I)n3CC(F)(F)F)CC1. The largest absolute Gasteiger partial charge is 0.406 e. The Labute approximate surface area is 158 Å². The first-order valence-corrected chi connectivity index (χ1v) is 9.39. The van der Waals surface area contributed by atoms with Crippen molar-refractivity contribution in [3.8, 4) is 0 Å². The van der Waals surface area contributed by atoms with Crippen molar-refractivity contribution < 1.29 is 18.3 Å². The van der Waals surface area contributed by atoms with E-state index in [-0.39, 0.29) is 6.61 Å². The smallest absolute Gasteiger partial charge is 0.395 e. The molecule has 3 rings (SSSR count). The van der Waals surface area contributed by atoms with Crippen LogP contribution in [-0.4, -0.2) is 53.0 Å². The molecule has 0 saturated carbocycles. The molecule has 2 heterocycles. The highest BCUT2D eigenvalue weighted by Gasteiger charge is 2.30. The van der Waals surface area contributed by atoms with E-state index in [1.54, 1.807) is 12.1 Å². The molecule has 0 unspecified atom stereocenters. The maximum Gasteiger partial charge on any atom is 0.406 e. The van der Waals surface area contributed by atoms with Crippen LogP contribution in [0.1, 0.15) is 12.8 Å². The lowest BCUT2D eigenvalue weighted by Crippen LogP contribution is -2.40. The van der Waals surface area contributed by atoms with Gasteiger partial charge in [-0.3, -0.25) is 0 Å². The summed E-state index contributed by atoms with van der Waals surface area (Å²) in [4.78, 5) is 2.22. The minimum atomic E-state index is -4.24. The summed E-state index contributed by atoms with van der Waals surface area (Å²) in [6.07, 6.45) is -2.33. The number of aromatic nitrogens is 1. The molecule has 1 aromatic carbocycles. The quantitative estimate of drug-likeness (QED) is 0.660. The van der Waals surface area contributed by atoms with Crippen molar-refractivity contribution in [3.63, 3.8) is 0 Å². The maximum absolute atomic E-state index is 12.8. The van der Waals surface area contributed by atoms with Crippen LogP contribution in [0.3, 0.4) is 0 Å². The molecule has 0 atom stereocenters. The molecule has 0 bridgehead atoms. The van der Waals surface area contributed by atoms with Gasteiger partial charge in [0.1, 0.15) is 6.54 Å². The molecule has 2 N–H and O–H groups in total. The average Bonchev–Trinajstić information content (AvgIpc) is 2.85. The monoisotopic (exact) mass is 467 g/mol. The van der Waals surface area contributed by atoms with Gasteiger partial charge < -0.3 is 19.9 Å². The summed E-state index contributed by atoms with van der Waals surface area (Å²) in [5, 5.41) is 13.3. The second-order valence-corrected chi connectivity index (χ2v) is 7.50. The summed E-state index contributed by atoms with van der Waals surface area (Å²) in [5.41, 5.74) is 1.49. The van der Waals surface area contributed by atoms with Crippen LogP contribution in [0.5, 0.6) is 0 Å². The van der Waals surface area contributed by atoms with Crippen molar-refractivity contribution in [3.05, 3.63) is 28.0 Å². The van der Waals surface area contributed by atoms with E-state index in [9.17, 15) is 13.2 Å². The molecule has 4 nitrogen and oxygen atoms in total. The zero-order valence-electron chi connectivity index (χ0n) is 13.7. The van der Waals surface area contributed by atoms with Crippen LogP contribution in [0.2, 0.25) is 0 Å². The van der Waals surface area contributed by atoms with Gasteiger partial charge in [-0.05, 0) is 53.6 Å². The highest BCUT2D eigenvalue weighted by molar-refractivity contribution is 14.1. The third-order valence-corrected chi connectivity index (χ3v) is 5.49. The minimum absolute atomic E-state index is 0.169. The Bertz CT molecular complexity index is 724. The Morgan fingerprint density at radius 1 is 1.24 bits per heavy atom. The third kappa shape index (κ3) is 4.59. The number of alkyl halides is 3. The fourth-order valence-electron chi connectivity index (χ4n) is 3.38. The number of halogens is 4. The van der Waals surface area contributed by atoms with E-state index in [1.807, 2.05) is 34.7 Å². The molecular weight excluding hydrogens is 446 g/mol. The van der Waals surface area contributed by atoms with E-state index in [4.69, 9.17) is 5.11 Å². The lowest BCUT2D eigenvalue weighted by molar-refractivity contribution is -0.140. The molecule has 0 radical (unpaired) electrons. The van der Waals surface area contributed by atoms with Crippen LogP contribution in [0, 0.1) is 3.70 Å². The first-order chi connectivity index (χ1) is 11.9. The molecule has 0 amide bonds. The highest BCUT2D eigenvalue weighted by atomic mass is 127. The summed E-state index contributed by atoms with van der Waals surface area (Å²) in [6.45, 7) is 1.72. The molecule has 0 aliphatic carbocycles. The number of aliphatic hydroxyl groups excluding tert-OH is 1. The fraction of sp³-hybridized carbons (Fsp3) is 0.529. The van der Waals surface area contributed by atoms with Crippen LogP contribution in [0.15, 0.2) is 24.3 Å². The maximum atomic E-state index is 12.8. The first kappa shape index (κ1) is 18.8. The van der Waals surface area contributed by atoms with Crippen LogP contribution >= 0.6 is 22.6 Å². The Kier molecular flexibility index (Phi) is 5.79. The van der Waals surface area contributed by atoms with E-state index in [0.717, 1.165) is 37.0 Å². The van der Waals surface area contributed by atoms with E-state index in [0.29, 0.717) is 21.8 Å². The Balaban J connectivity index is 1.78. The molecule has 0 spiro atoms. The van der Waals surface area contributed by atoms with Crippen LogP contribution in [0.25, 0.3) is 10.9 Å². The molecule has 1 saturated heterocycles. The van der Waals surface area contributed by atoms with E-state index in [1.165, 1.54) is 4.57 Å². The van der Waals surface area contributed by atoms with Gasteiger partial charge in [0.2, 0.25) is 0 Å². The van der Waals surface area contributed by atoms with Gasteiger partial charge in [-0.2, -0.15) is 13.2 Å². The van der Waals surface area contributed by atoms with E-state index >= 15 is 0 Å².